The second kappa shape index (κ2) is 12.6. The van der Waals surface area contributed by atoms with Crippen LogP contribution in [-0.4, -0.2) is 32.5 Å². The quantitative estimate of drug-likeness (QED) is 0.230. The molecule has 0 aliphatic rings. The SMILES string of the molecule is CCn1c(CCCc2ccc(-c3ccc(OC)c([C@@H](C)C(=O)O)c3)cc2)nn(Cc2ccc(C(C)(C)C)cc2)c1=O. The number of carboxylic acid groups (broad SMARTS) is 1. The molecule has 0 radical (unpaired) electrons. The largest absolute Gasteiger partial charge is 0.496 e. The van der Waals surface area contributed by atoms with E-state index in [4.69, 9.17) is 9.84 Å². The highest BCUT2D eigenvalue weighted by Crippen LogP contribution is 2.32. The van der Waals surface area contributed by atoms with Crippen molar-refractivity contribution in [3.05, 3.63) is 105 Å². The molecular formula is C34H41N3O4. The van der Waals surface area contributed by atoms with Gasteiger partial charge in [0.05, 0.1) is 19.6 Å². The first kappa shape index (κ1) is 29.8. The summed E-state index contributed by atoms with van der Waals surface area (Å²) in [5, 5.41) is 14.2. The molecule has 1 N–H and O–H groups in total. The number of rotatable bonds is 11. The molecule has 3 aromatic carbocycles. The van der Waals surface area contributed by atoms with Crippen LogP contribution in [0.1, 0.15) is 75.0 Å². The Balaban J connectivity index is 1.41. The first-order chi connectivity index (χ1) is 19.5. The fourth-order valence-corrected chi connectivity index (χ4v) is 5.07. The molecule has 4 rings (SSSR count). The van der Waals surface area contributed by atoms with Gasteiger partial charge in [0.25, 0.3) is 0 Å². The van der Waals surface area contributed by atoms with Crippen LogP contribution in [0.4, 0.5) is 0 Å². The van der Waals surface area contributed by atoms with E-state index in [1.807, 2.05) is 25.1 Å². The van der Waals surface area contributed by atoms with Crippen LogP contribution >= 0.6 is 0 Å². The lowest BCUT2D eigenvalue weighted by Crippen LogP contribution is -2.25. The van der Waals surface area contributed by atoms with E-state index in [2.05, 4.69) is 69.3 Å². The van der Waals surface area contributed by atoms with Crippen LogP contribution in [0.5, 0.6) is 5.75 Å². The van der Waals surface area contributed by atoms with Crippen molar-refractivity contribution in [2.24, 2.45) is 0 Å². The number of hydrogen-bond acceptors (Lipinski definition) is 4. The number of aryl methyl sites for hydroxylation is 2. The van der Waals surface area contributed by atoms with Gasteiger partial charge in [0.15, 0.2) is 0 Å². The second-order valence-electron chi connectivity index (χ2n) is 11.6. The van der Waals surface area contributed by atoms with E-state index in [1.165, 1.54) is 11.1 Å². The molecule has 0 bridgehead atoms. The van der Waals surface area contributed by atoms with Gasteiger partial charge in [0.2, 0.25) is 0 Å². The van der Waals surface area contributed by atoms with Gasteiger partial charge < -0.3 is 9.84 Å². The average molecular weight is 556 g/mol. The van der Waals surface area contributed by atoms with Gasteiger partial charge in [0, 0.05) is 18.5 Å². The topological polar surface area (TPSA) is 86.3 Å². The van der Waals surface area contributed by atoms with Gasteiger partial charge in [-0.3, -0.25) is 9.36 Å². The molecule has 7 nitrogen and oxygen atoms in total. The fraction of sp³-hybridized carbons (Fsp3) is 0.382. The summed E-state index contributed by atoms with van der Waals surface area (Å²) in [4.78, 5) is 24.6. The van der Waals surface area contributed by atoms with Crippen molar-refractivity contribution in [3.8, 4) is 16.9 Å². The molecule has 0 amide bonds. The van der Waals surface area contributed by atoms with Gasteiger partial charge >= 0.3 is 11.7 Å². The van der Waals surface area contributed by atoms with Gasteiger partial charge in [-0.2, -0.15) is 5.10 Å². The average Bonchev–Trinajstić information content (AvgIpc) is 3.25. The summed E-state index contributed by atoms with van der Waals surface area (Å²) >= 11 is 0. The molecule has 0 saturated heterocycles. The number of hydrogen-bond donors (Lipinski definition) is 1. The molecule has 216 valence electrons. The molecular weight excluding hydrogens is 514 g/mol. The Morgan fingerprint density at radius 1 is 0.951 bits per heavy atom. The molecule has 0 spiro atoms. The number of nitrogens with zero attached hydrogens (tertiary/aromatic N) is 3. The van der Waals surface area contributed by atoms with Crippen LogP contribution < -0.4 is 10.4 Å². The Morgan fingerprint density at radius 2 is 1.59 bits per heavy atom. The molecule has 0 unspecified atom stereocenters. The third-order valence-electron chi connectivity index (χ3n) is 7.69. The Labute approximate surface area is 242 Å². The number of carboxylic acids is 1. The van der Waals surface area contributed by atoms with Gasteiger partial charge in [-0.1, -0.05) is 75.4 Å². The number of methoxy groups -OCH3 is 1. The zero-order chi connectivity index (χ0) is 29.7. The van der Waals surface area contributed by atoms with Crippen molar-refractivity contribution in [3.63, 3.8) is 0 Å². The summed E-state index contributed by atoms with van der Waals surface area (Å²) in [6.45, 7) is 11.3. The Bertz CT molecular complexity index is 1540. The Kier molecular flexibility index (Phi) is 9.16. The zero-order valence-electron chi connectivity index (χ0n) is 25.0. The van der Waals surface area contributed by atoms with Crippen LogP contribution in [0.3, 0.4) is 0 Å². The second-order valence-corrected chi connectivity index (χ2v) is 11.6. The summed E-state index contributed by atoms with van der Waals surface area (Å²) in [7, 11) is 1.55. The molecule has 1 aromatic heterocycles. The van der Waals surface area contributed by atoms with Gasteiger partial charge in [-0.05, 0) is 72.1 Å². The number of benzene rings is 3. The van der Waals surface area contributed by atoms with E-state index < -0.39 is 11.9 Å². The lowest BCUT2D eigenvalue weighted by Gasteiger charge is -2.19. The number of ether oxygens (including phenoxy) is 1. The molecule has 41 heavy (non-hydrogen) atoms. The smallest absolute Gasteiger partial charge is 0.346 e. The van der Waals surface area contributed by atoms with Crippen LogP contribution in [0.15, 0.2) is 71.5 Å². The van der Waals surface area contributed by atoms with E-state index in [0.29, 0.717) is 24.4 Å². The molecule has 7 heteroatoms. The maximum Gasteiger partial charge on any atom is 0.346 e. The standard InChI is InChI=1S/C34H41N3O4/c1-7-36-31(35-37(33(36)40)22-25-13-18-28(19-14-25)34(3,4)5)10-8-9-24-11-15-26(16-12-24)27-17-20-30(41-6)29(21-27)23(2)32(38)39/h11-21,23H,7-10,22H2,1-6H3,(H,38,39)/t23-/m1/s1. The van der Waals surface area contributed by atoms with Gasteiger partial charge in [-0.15, -0.1) is 0 Å². The highest BCUT2D eigenvalue weighted by atomic mass is 16.5. The number of aliphatic carboxylic acids is 1. The molecule has 1 heterocycles. The van der Waals surface area contributed by atoms with Crippen LogP contribution in [-0.2, 0) is 36.1 Å². The van der Waals surface area contributed by atoms with E-state index in [1.54, 1.807) is 23.3 Å². The third kappa shape index (κ3) is 6.96. The van der Waals surface area contributed by atoms with Crippen LogP contribution in [0, 0.1) is 0 Å². The van der Waals surface area contributed by atoms with Crippen LogP contribution in [0.2, 0.25) is 0 Å². The minimum absolute atomic E-state index is 0.0668. The normalized spacial score (nSPS) is 12.3. The van der Waals surface area contributed by atoms with Crippen molar-refractivity contribution >= 4 is 5.97 Å². The minimum atomic E-state index is -0.885. The van der Waals surface area contributed by atoms with Crippen molar-refractivity contribution < 1.29 is 14.6 Å². The lowest BCUT2D eigenvalue weighted by molar-refractivity contribution is -0.138. The number of carbonyl (C=O) groups is 1. The van der Waals surface area contributed by atoms with Crippen molar-refractivity contribution in [1.29, 1.82) is 0 Å². The van der Waals surface area contributed by atoms with Crippen molar-refractivity contribution in [1.82, 2.24) is 14.3 Å². The summed E-state index contributed by atoms with van der Waals surface area (Å²) in [5.41, 5.74) is 6.18. The van der Waals surface area contributed by atoms with E-state index in [-0.39, 0.29) is 11.1 Å². The lowest BCUT2D eigenvalue weighted by atomic mass is 9.87. The Morgan fingerprint density at radius 3 is 2.17 bits per heavy atom. The molecule has 0 aliphatic heterocycles. The third-order valence-corrected chi connectivity index (χ3v) is 7.69. The maximum absolute atomic E-state index is 13.0. The van der Waals surface area contributed by atoms with E-state index in [9.17, 15) is 14.7 Å². The van der Waals surface area contributed by atoms with Gasteiger partial charge in [0.1, 0.15) is 11.6 Å². The van der Waals surface area contributed by atoms with E-state index in [0.717, 1.165) is 41.8 Å². The highest BCUT2D eigenvalue weighted by molar-refractivity contribution is 5.78. The highest BCUT2D eigenvalue weighted by Gasteiger charge is 2.19. The number of aromatic nitrogens is 3. The van der Waals surface area contributed by atoms with Crippen molar-refractivity contribution in [2.45, 2.75) is 78.3 Å². The first-order valence-electron chi connectivity index (χ1n) is 14.3. The summed E-state index contributed by atoms with van der Waals surface area (Å²) < 4.78 is 8.73. The summed E-state index contributed by atoms with van der Waals surface area (Å²) in [6.07, 6.45) is 2.46. The summed E-state index contributed by atoms with van der Waals surface area (Å²) in [5.74, 6) is -0.156. The zero-order valence-corrected chi connectivity index (χ0v) is 25.0. The maximum atomic E-state index is 13.0. The van der Waals surface area contributed by atoms with Crippen LogP contribution in [0.25, 0.3) is 11.1 Å². The van der Waals surface area contributed by atoms with E-state index >= 15 is 0 Å². The molecule has 0 aliphatic carbocycles. The minimum Gasteiger partial charge on any atom is -0.496 e. The molecule has 1 atom stereocenters. The molecule has 0 saturated carbocycles. The molecule has 4 aromatic rings. The first-order valence-corrected chi connectivity index (χ1v) is 14.3. The summed E-state index contributed by atoms with van der Waals surface area (Å²) in [6, 6.07) is 22.4. The fourth-order valence-electron chi connectivity index (χ4n) is 5.07. The monoisotopic (exact) mass is 555 g/mol. The predicted octanol–water partition coefficient (Wildman–Crippen LogP) is 6.45. The van der Waals surface area contributed by atoms with Gasteiger partial charge in [-0.25, -0.2) is 9.48 Å². The Hall–Kier alpha value is -4.13. The van der Waals surface area contributed by atoms with Crippen molar-refractivity contribution in [2.75, 3.05) is 7.11 Å². The molecule has 0 fully saturated rings. The predicted molar refractivity (Wildman–Crippen MR) is 163 cm³/mol.